The fraction of sp³-hybridized carbons (Fsp3) is 0.111. The standard InChI is InChI=1S/C18H17N3O5S2/c22-17(19-9-10-20-18(23)15-3-1-11-26-15)13-5-7-14(8-6-13)21-28(24,25)16-4-2-12-27-16/h1-8,11-12,21H,9-10H2,(H,19,22)(H,20,23). The lowest BCUT2D eigenvalue weighted by Crippen LogP contribution is -2.34. The first-order valence-electron chi connectivity index (χ1n) is 8.22. The van der Waals surface area contributed by atoms with Gasteiger partial charge in [-0.2, -0.15) is 0 Å². The highest BCUT2D eigenvalue weighted by atomic mass is 32.2. The van der Waals surface area contributed by atoms with E-state index in [2.05, 4.69) is 15.4 Å². The van der Waals surface area contributed by atoms with Crippen LogP contribution in [0.15, 0.2) is 68.8 Å². The number of carbonyl (C=O) groups excluding carboxylic acids is 2. The molecule has 0 radical (unpaired) electrons. The second kappa shape index (κ2) is 8.72. The lowest BCUT2D eigenvalue weighted by molar-refractivity contribution is 0.0910. The molecule has 146 valence electrons. The summed E-state index contributed by atoms with van der Waals surface area (Å²) in [4.78, 5) is 23.8. The fourth-order valence-corrected chi connectivity index (χ4v) is 4.31. The zero-order chi connectivity index (χ0) is 20.0. The first-order valence-corrected chi connectivity index (χ1v) is 10.6. The Morgan fingerprint density at radius 1 is 0.929 bits per heavy atom. The summed E-state index contributed by atoms with van der Waals surface area (Å²) in [5.41, 5.74) is 0.729. The Balaban J connectivity index is 1.48. The molecule has 0 aliphatic carbocycles. The van der Waals surface area contributed by atoms with Crippen molar-refractivity contribution in [3.05, 3.63) is 71.5 Å². The maximum atomic E-state index is 12.2. The minimum atomic E-state index is -3.63. The van der Waals surface area contributed by atoms with Gasteiger partial charge in [0, 0.05) is 24.3 Å². The lowest BCUT2D eigenvalue weighted by atomic mass is 10.2. The highest BCUT2D eigenvalue weighted by molar-refractivity contribution is 7.94. The van der Waals surface area contributed by atoms with Crippen molar-refractivity contribution in [1.29, 1.82) is 0 Å². The third-order valence-corrected chi connectivity index (χ3v) is 6.38. The maximum absolute atomic E-state index is 12.2. The number of anilines is 1. The predicted molar refractivity (Wildman–Crippen MR) is 105 cm³/mol. The van der Waals surface area contributed by atoms with Crippen LogP contribution in [0.4, 0.5) is 5.69 Å². The third kappa shape index (κ3) is 4.99. The van der Waals surface area contributed by atoms with Crippen molar-refractivity contribution in [3.8, 4) is 0 Å². The summed E-state index contributed by atoms with van der Waals surface area (Å²) in [6, 6.07) is 12.4. The van der Waals surface area contributed by atoms with Gasteiger partial charge in [0.25, 0.3) is 21.8 Å². The van der Waals surface area contributed by atoms with Gasteiger partial charge in [-0.05, 0) is 47.8 Å². The van der Waals surface area contributed by atoms with Gasteiger partial charge in [-0.15, -0.1) is 11.3 Å². The quantitative estimate of drug-likeness (QED) is 0.484. The smallest absolute Gasteiger partial charge is 0.287 e. The Hall–Kier alpha value is -3.11. The van der Waals surface area contributed by atoms with Crippen LogP contribution < -0.4 is 15.4 Å². The van der Waals surface area contributed by atoms with Crippen molar-refractivity contribution in [2.24, 2.45) is 0 Å². The van der Waals surface area contributed by atoms with Crippen LogP contribution in [0.3, 0.4) is 0 Å². The molecule has 2 aromatic heterocycles. The Kier molecular flexibility index (Phi) is 6.12. The van der Waals surface area contributed by atoms with Crippen molar-refractivity contribution >= 4 is 38.9 Å². The number of amides is 2. The van der Waals surface area contributed by atoms with E-state index in [0.29, 0.717) is 11.3 Å². The molecule has 28 heavy (non-hydrogen) atoms. The fourth-order valence-electron chi connectivity index (χ4n) is 2.26. The zero-order valence-electron chi connectivity index (χ0n) is 14.5. The van der Waals surface area contributed by atoms with Crippen LogP contribution in [0.1, 0.15) is 20.9 Å². The normalized spacial score (nSPS) is 11.0. The first kappa shape index (κ1) is 19.6. The molecule has 0 unspecified atom stereocenters. The Bertz CT molecular complexity index is 1030. The average Bonchev–Trinajstić information content (AvgIpc) is 3.39. The summed E-state index contributed by atoms with van der Waals surface area (Å²) < 4.78 is 32.0. The molecule has 8 nitrogen and oxygen atoms in total. The Labute approximate surface area is 165 Å². The van der Waals surface area contributed by atoms with E-state index in [0.717, 1.165) is 11.3 Å². The van der Waals surface area contributed by atoms with Crippen LogP contribution in [-0.2, 0) is 10.0 Å². The topological polar surface area (TPSA) is 118 Å². The minimum absolute atomic E-state index is 0.201. The van der Waals surface area contributed by atoms with E-state index in [1.165, 1.54) is 36.6 Å². The minimum Gasteiger partial charge on any atom is -0.459 e. The summed E-state index contributed by atoms with van der Waals surface area (Å²) >= 11 is 1.12. The van der Waals surface area contributed by atoms with Crippen LogP contribution >= 0.6 is 11.3 Å². The Morgan fingerprint density at radius 2 is 1.64 bits per heavy atom. The number of sulfonamides is 1. The third-order valence-electron chi connectivity index (χ3n) is 3.60. The average molecular weight is 419 g/mol. The molecule has 1 aromatic carbocycles. The van der Waals surface area contributed by atoms with E-state index in [9.17, 15) is 18.0 Å². The Morgan fingerprint density at radius 3 is 2.25 bits per heavy atom. The van der Waals surface area contributed by atoms with Crippen molar-refractivity contribution in [1.82, 2.24) is 10.6 Å². The van der Waals surface area contributed by atoms with Gasteiger partial charge < -0.3 is 15.1 Å². The molecule has 0 bridgehead atoms. The van der Waals surface area contributed by atoms with Crippen LogP contribution in [0.5, 0.6) is 0 Å². The molecule has 10 heteroatoms. The molecule has 3 N–H and O–H groups in total. The molecule has 2 heterocycles. The number of carbonyl (C=O) groups is 2. The van der Waals surface area contributed by atoms with Crippen LogP contribution in [0.2, 0.25) is 0 Å². The van der Waals surface area contributed by atoms with Gasteiger partial charge in [-0.25, -0.2) is 8.42 Å². The molecule has 0 aliphatic heterocycles. The number of hydrogen-bond acceptors (Lipinski definition) is 6. The predicted octanol–water partition coefficient (Wildman–Crippen LogP) is 2.30. The SMILES string of the molecule is O=C(NCCNC(=O)c1ccco1)c1ccc(NS(=O)(=O)c2cccs2)cc1. The molecule has 0 aliphatic rings. The highest BCUT2D eigenvalue weighted by Crippen LogP contribution is 2.20. The number of rotatable bonds is 8. The molecular weight excluding hydrogens is 402 g/mol. The number of hydrogen-bond donors (Lipinski definition) is 3. The van der Waals surface area contributed by atoms with Crippen LogP contribution in [0, 0.1) is 0 Å². The van der Waals surface area contributed by atoms with E-state index >= 15 is 0 Å². The molecule has 3 aromatic rings. The van der Waals surface area contributed by atoms with Crippen LogP contribution in [0.25, 0.3) is 0 Å². The number of thiophene rings is 1. The monoisotopic (exact) mass is 419 g/mol. The molecule has 2 amide bonds. The van der Waals surface area contributed by atoms with E-state index in [-0.39, 0.29) is 34.9 Å². The van der Waals surface area contributed by atoms with Gasteiger partial charge in [0.1, 0.15) is 4.21 Å². The first-order chi connectivity index (χ1) is 13.5. The van der Waals surface area contributed by atoms with Gasteiger partial charge in [0.15, 0.2) is 5.76 Å². The number of furan rings is 1. The van der Waals surface area contributed by atoms with Gasteiger partial charge in [0.05, 0.1) is 6.26 Å². The van der Waals surface area contributed by atoms with E-state index in [1.54, 1.807) is 23.6 Å². The van der Waals surface area contributed by atoms with E-state index in [4.69, 9.17) is 4.42 Å². The van der Waals surface area contributed by atoms with Gasteiger partial charge in [-0.3, -0.25) is 14.3 Å². The van der Waals surface area contributed by atoms with Crippen molar-refractivity contribution in [3.63, 3.8) is 0 Å². The molecule has 0 saturated carbocycles. The molecule has 0 spiro atoms. The molecule has 3 rings (SSSR count). The van der Waals surface area contributed by atoms with Gasteiger partial charge in [-0.1, -0.05) is 6.07 Å². The molecule has 0 saturated heterocycles. The summed E-state index contributed by atoms with van der Waals surface area (Å²) in [6.07, 6.45) is 1.40. The molecular formula is C18H17N3O5S2. The molecule has 0 atom stereocenters. The number of nitrogens with one attached hydrogen (secondary N) is 3. The largest absolute Gasteiger partial charge is 0.459 e. The van der Waals surface area contributed by atoms with Crippen LogP contribution in [-0.4, -0.2) is 33.3 Å². The summed E-state index contributed by atoms with van der Waals surface area (Å²) in [5, 5.41) is 6.97. The lowest BCUT2D eigenvalue weighted by Gasteiger charge is -2.08. The van der Waals surface area contributed by atoms with Crippen molar-refractivity contribution in [2.45, 2.75) is 4.21 Å². The summed E-state index contributed by atoms with van der Waals surface area (Å²) in [5.74, 6) is -0.492. The zero-order valence-corrected chi connectivity index (χ0v) is 16.2. The summed E-state index contributed by atoms with van der Waals surface area (Å²) in [7, 11) is -3.63. The van der Waals surface area contributed by atoms with Gasteiger partial charge in [0.2, 0.25) is 0 Å². The van der Waals surface area contributed by atoms with Crippen molar-refractivity contribution in [2.75, 3.05) is 17.8 Å². The molecule has 0 fully saturated rings. The second-order valence-corrected chi connectivity index (χ2v) is 8.46. The second-order valence-electron chi connectivity index (χ2n) is 5.60. The van der Waals surface area contributed by atoms with Gasteiger partial charge >= 0.3 is 0 Å². The number of benzene rings is 1. The highest BCUT2D eigenvalue weighted by Gasteiger charge is 2.15. The van der Waals surface area contributed by atoms with E-state index < -0.39 is 10.0 Å². The summed E-state index contributed by atoms with van der Waals surface area (Å²) in [6.45, 7) is 0.474. The van der Waals surface area contributed by atoms with E-state index in [1.807, 2.05) is 0 Å². The maximum Gasteiger partial charge on any atom is 0.287 e. The van der Waals surface area contributed by atoms with Crippen molar-refractivity contribution < 1.29 is 22.4 Å².